The molecule has 0 fully saturated rings. The van der Waals surface area contributed by atoms with Crippen LogP contribution in [-0.4, -0.2) is 11.6 Å². The molecule has 2 rings (SSSR count). The summed E-state index contributed by atoms with van der Waals surface area (Å²) in [6.45, 7) is 6.30. The highest BCUT2D eigenvalue weighted by molar-refractivity contribution is 5.33. The molecule has 0 radical (unpaired) electrons. The molecule has 0 saturated heterocycles. The average Bonchev–Trinajstić information content (AvgIpc) is 2.43. The molecule has 0 aliphatic rings. The number of aryl methyl sites for hydroxylation is 1. The van der Waals surface area contributed by atoms with Crippen LogP contribution in [0.5, 0.6) is 5.75 Å². The van der Waals surface area contributed by atoms with Crippen LogP contribution < -0.4 is 10.1 Å². The molecule has 0 saturated carbocycles. The van der Waals surface area contributed by atoms with Gasteiger partial charge in [-0.1, -0.05) is 24.3 Å². The Morgan fingerprint density at radius 2 is 1.95 bits per heavy atom. The monoisotopic (exact) mass is 256 g/mol. The largest absolute Gasteiger partial charge is 0.494 e. The molecule has 3 heteroatoms. The first-order chi connectivity index (χ1) is 9.29. The first-order valence-electron chi connectivity index (χ1n) is 6.62. The van der Waals surface area contributed by atoms with E-state index in [1.54, 1.807) is 0 Å². The highest BCUT2D eigenvalue weighted by atomic mass is 16.5. The van der Waals surface area contributed by atoms with E-state index in [9.17, 15) is 0 Å². The van der Waals surface area contributed by atoms with Crippen LogP contribution in [0.2, 0.25) is 0 Å². The molecule has 1 N–H and O–H groups in total. The summed E-state index contributed by atoms with van der Waals surface area (Å²) in [5.41, 5.74) is 3.43. The van der Waals surface area contributed by atoms with E-state index in [-0.39, 0.29) is 0 Å². The van der Waals surface area contributed by atoms with E-state index >= 15 is 0 Å². The maximum Gasteiger partial charge on any atom is 0.123 e. The predicted molar refractivity (Wildman–Crippen MR) is 77.1 cm³/mol. The first-order valence-corrected chi connectivity index (χ1v) is 6.62. The van der Waals surface area contributed by atoms with Crippen molar-refractivity contribution in [1.82, 2.24) is 10.3 Å². The Morgan fingerprint density at radius 3 is 2.68 bits per heavy atom. The third-order valence-electron chi connectivity index (χ3n) is 2.89. The van der Waals surface area contributed by atoms with Gasteiger partial charge in [0.05, 0.1) is 6.61 Å². The molecule has 1 heterocycles. The van der Waals surface area contributed by atoms with Gasteiger partial charge in [-0.2, -0.15) is 0 Å². The molecule has 3 nitrogen and oxygen atoms in total. The number of nitrogens with one attached hydrogen (secondary N) is 1. The first kappa shape index (κ1) is 13.6. The number of para-hydroxylation sites is 1. The van der Waals surface area contributed by atoms with Gasteiger partial charge in [-0.25, -0.2) is 0 Å². The fraction of sp³-hybridized carbons (Fsp3) is 0.312. The predicted octanol–water partition coefficient (Wildman–Crippen LogP) is 3.08. The lowest BCUT2D eigenvalue weighted by Crippen LogP contribution is -2.13. The number of hydrogen-bond acceptors (Lipinski definition) is 3. The molecule has 0 spiro atoms. The van der Waals surface area contributed by atoms with Gasteiger partial charge in [0.1, 0.15) is 5.75 Å². The van der Waals surface area contributed by atoms with Crippen LogP contribution in [0.3, 0.4) is 0 Å². The van der Waals surface area contributed by atoms with Crippen molar-refractivity contribution < 1.29 is 4.74 Å². The van der Waals surface area contributed by atoms with Crippen molar-refractivity contribution in [3.8, 4) is 5.75 Å². The smallest absolute Gasteiger partial charge is 0.123 e. The second kappa shape index (κ2) is 6.90. The maximum absolute atomic E-state index is 5.60. The fourth-order valence-electron chi connectivity index (χ4n) is 1.89. The Labute approximate surface area is 114 Å². The molecule has 0 atom stereocenters. The molecule has 0 aliphatic heterocycles. The Morgan fingerprint density at radius 1 is 1.11 bits per heavy atom. The Bertz CT molecular complexity index is 508. The summed E-state index contributed by atoms with van der Waals surface area (Å²) >= 11 is 0. The average molecular weight is 256 g/mol. The Hall–Kier alpha value is -1.87. The lowest BCUT2D eigenvalue weighted by atomic mass is 10.2. The zero-order valence-electron chi connectivity index (χ0n) is 11.5. The van der Waals surface area contributed by atoms with E-state index in [4.69, 9.17) is 4.74 Å². The van der Waals surface area contributed by atoms with Crippen LogP contribution in [0.1, 0.15) is 23.7 Å². The zero-order valence-corrected chi connectivity index (χ0v) is 11.5. The highest BCUT2D eigenvalue weighted by Gasteiger charge is 2.01. The lowest BCUT2D eigenvalue weighted by Gasteiger charge is -2.10. The number of benzene rings is 1. The van der Waals surface area contributed by atoms with Crippen molar-refractivity contribution in [2.24, 2.45) is 0 Å². The second-order valence-corrected chi connectivity index (χ2v) is 4.45. The fourth-order valence-corrected chi connectivity index (χ4v) is 1.89. The topological polar surface area (TPSA) is 34.1 Å². The maximum atomic E-state index is 5.60. The van der Waals surface area contributed by atoms with Crippen LogP contribution >= 0.6 is 0 Å². The minimum absolute atomic E-state index is 0.693. The van der Waals surface area contributed by atoms with Gasteiger partial charge in [0.25, 0.3) is 0 Å². The van der Waals surface area contributed by atoms with Crippen LogP contribution in [-0.2, 0) is 13.1 Å². The number of hydrogen-bond donors (Lipinski definition) is 1. The summed E-state index contributed by atoms with van der Waals surface area (Å²) in [6, 6.07) is 12.3. The summed E-state index contributed by atoms with van der Waals surface area (Å²) in [5.74, 6) is 0.958. The van der Waals surface area contributed by atoms with Gasteiger partial charge in [-0.15, -0.1) is 0 Å². The van der Waals surface area contributed by atoms with Crippen LogP contribution in [0.15, 0.2) is 42.6 Å². The van der Waals surface area contributed by atoms with E-state index < -0.39 is 0 Å². The number of rotatable bonds is 6. The molecule has 0 unspecified atom stereocenters. The SMILES string of the molecule is CCOc1ccccc1CNCc1ccc(C)nc1. The molecular weight excluding hydrogens is 236 g/mol. The lowest BCUT2D eigenvalue weighted by molar-refractivity contribution is 0.335. The quantitative estimate of drug-likeness (QED) is 0.862. The van der Waals surface area contributed by atoms with E-state index in [1.165, 1.54) is 11.1 Å². The summed E-state index contributed by atoms with van der Waals surface area (Å²) in [6.07, 6.45) is 1.91. The Balaban J connectivity index is 1.90. The van der Waals surface area contributed by atoms with Crippen molar-refractivity contribution in [3.63, 3.8) is 0 Å². The van der Waals surface area contributed by atoms with E-state index in [0.717, 1.165) is 24.5 Å². The second-order valence-electron chi connectivity index (χ2n) is 4.45. The van der Waals surface area contributed by atoms with Gasteiger partial charge in [0.15, 0.2) is 0 Å². The number of pyridine rings is 1. The van der Waals surface area contributed by atoms with Crippen LogP contribution in [0.4, 0.5) is 0 Å². The van der Waals surface area contributed by atoms with E-state index in [0.29, 0.717) is 6.61 Å². The molecule has 0 bridgehead atoms. The van der Waals surface area contributed by atoms with Gasteiger partial charge in [0.2, 0.25) is 0 Å². The van der Waals surface area contributed by atoms with Gasteiger partial charge in [0, 0.05) is 30.5 Å². The highest BCUT2D eigenvalue weighted by Crippen LogP contribution is 2.17. The minimum Gasteiger partial charge on any atom is -0.494 e. The van der Waals surface area contributed by atoms with Gasteiger partial charge < -0.3 is 10.1 Å². The molecular formula is C16H20N2O. The molecule has 0 aliphatic carbocycles. The van der Waals surface area contributed by atoms with Crippen LogP contribution in [0.25, 0.3) is 0 Å². The molecule has 19 heavy (non-hydrogen) atoms. The molecule has 2 aromatic rings. The normalized spacial score (nSPS) is 10.4. The van der Waals surface area contributed by atoms with Crippen molar-refractivity contribution in [1.29, 1.82) is 0 Å². The molecule has 0 amide bonds. The zero-order chi connectivity index (χ0) is 13.5. The van der Waals surface area contributed by atoms with Crippen LogP contribution in [0, 0.1) is 6.92 Å². The van der Waals surface area contributed by atoms with Crippen molar-refractivity contribution in [2.45, 2.75) is 26.9 Å². The number of aromatic nitrogens is 1. The van der Waals surface area contributed by atoms with E-state index in [2.05, 4.69) is 22.4 Å². The van der Waals surface area contributed by atoms with Crippen molar-refractivity contribution in [3.05, 3.63) is 59.4 Å². The molecule has 100 valence electrons. The number of ether oxygens (including phenoxy) is 1. The minimum atomic E-state index is 0.693. The summed E-state index contributed by atoms with van der Waals surface area (Å²) < 4.78 is 5.60. The number of nitrogens with zero attached hydrogens (tertiary/aromatic N) is 1. The Kier molecular flexibility index (Phi) is 4.93. The van der Waals surface area contributed by atoms with Gasteiger partial charge in [-0.3, -0.25) is 4.98 Å². The van der Waals surface area contributed by atoms with Gasteiger partial charge in [-0.05, 0) is 31.5 Å². The standard InChI is InChI=1S/C16H20N2O/c1-3-19-16-7-5-4-6-15(16)12-17-10-14-9-8-13(2)18-11-14/h4-9,11,17H,3,10,12H2,1-2H3. The summed E-state index contributed by atoms with van der Waals surface area (Å²) in [4.78, 5) is 4.29. The molecule has 1 aromatic carbocycles. The summed E-state index contributed by atoms with van der Waals surface area (Å²) in [5, 5.41) is 3.42. The molecule has 1 aromatic heterocycles. The van der Waals surface area contributed by atoms with Gasteiger partial charge >= 0.3 is 0 Å². The third-order valence-corrected chi connectivity index (χ3v) is 2.89. The third kappa shape index (κ3) is 4.07. The van der Waals surface area contributed by atoms with E-state index in [1.807, 2.05) is 44.3 Å². The van der Waals surface area contributed by atoms with Crippen molar-refractivity contribution >= 4 is 0 Å². The van der Waals surface area contributed by atoms with Crippen molar-refractivity contribution in [2.75, 3.05) is 6.61 Å². The summed E-state index contributed by atoms with van der Waals surface area (Å²) in [7, 11) is 0.